The van der Waals surface area contributed by atoms with E-state index in [1.807, 2.05) is 19.1 Å². The molecule has 7 nitrogen and oxygen atoms in total. The first-order valence-electron chi connectivity index (χ1n) is 6.83. The molecule has 0 aliphatic rings. The maximum absolute atomic E-state index is 11.9. The Kier molecular flexibility index (Phi) is 6.28. The van der Waals surface area contributed by atoms with Gasteiger partial charge in [0.05, 0.1) is 18.1 Å². The molecule has 0 unspecified atom stereocenters. The fourth-order valence-corrected chi connectivity index (χ4v) is 3.24. The summed E-state index contributed by atoms with van der Waals surface area (Å²) in [5, 5.41) is 14.2. The van der Waals surface area contributed by atoms with E-state index in [2.05, 4.69) is 52.6 Å². The Morgan fingerprint density at radius 3 is 2.91 bits per heavy atom. The SMILES string of the molecule is CCCn1nnc(NC(=O)/C=C/c2cc(Br)cc(Br)c2OC)n1. The number of benzene rings is 1. The highest BCUT2D eigenvalue weighted by Gasteiger charge is 2.08. The molecule has 2 rings (SSSR count). The van der Waals surface area contributed by atoms with Crippen molar-refractivity contribution in [1.82, 2.24) is 20.2 Å². The van der Waals surface area contributed by atoms with Crippen LogP contribution in [0.3, 0.4) is 0 Å². The van der Waals surface area contributed by atoms with E-state index < -0.39 is 0 Å². The number of aryl methyl sites for hydroxylation is 1. The molecule has 0 aliphatic heterocycles. The summed E-state index contributed by atoms with van der Waals surface area (Å²) in [6.07, 6.45) is 3.93. The molecule has 0 fully saturated rings. The maximum atomic E-state index is 11.9. The van der Waals surface area contributed by atoms with Crippen molar-refractivity contribution in [2.75, 3.05) is 12.4 Å². The largest absolute Gasteiger partial charge is 0.495 e. The van der Waals surface area contributed by atoms with Crippen molar-refractivity contribution in [2.45, 2.75) is 19.9 Å². The molecule has 1 aromatic carbocycles. The standard InChI is InChI=1S/C14H15Br2N5O2/c1-3-6-21-19-14(18-20-21)17-12(22)5-4-9-7-10(15)8-11(16)13(9)23-2/h4-5,7-8H,3,6H2,1-2H3,(H,17,19,22)/b5-4+. The number of hydrogen-bond acceptors (Lipinski definition) is 5. The number of ether oxygens (including phenoxy) is 1. The van der Waals surface area contributed by atoms with Gasteiger partial charge in [0.2, 0.25) is 0 Å². The molecule has 0 bridgehead atoms. The highest BCUT2D eigenvalue weighted by molar-refractivity contribution is 9.11. The van der Waals surface area contributed by atoms with Gasteiger partial charge in [-0.15, -0.1) is 5.10 Å². The summed E-state index contributed by atoms with van der Waals surface area (Å²) >= 11 is 6.82. The molecule has 0 aliphatic carbocycles. The number of nitrogens with one attached hydrogen (secondary N) is 1. The molecule has 0 saturated heterocycles. The van der Waals surface area contributed by atoms with E-state index in [1.54, 1.807) is 13.2 Å². The third-order valence-electron chi connectivity index (χ3n) is 2.77. The van der Waals surface area contributed by atoms with E-state index >= 15 is 0 Å². The van der Waals surface area contributed by atoms with E-state index in [0.717, 1.165) is 20.9 Å². The highest BCUT2D eigenvalue weighted by atomic mass is 79.9. The first-order chi connectivity index (χ1) is 11.0. The number of methoxy groups -OCH3 is 1. The van der Waals surface area contributed by atoms with Crippen molar-refractivity contribution >= 4 is 49.8 Å². The lowest BCUT2D eigenvalue weighted by molar-refractivity contribution is -0.111. The molecule has 1 N–H and O–H groups in total. The van der Waals surface area contributed by atoms with E-state index in [9.17, 15) is 4.79 Å². The van der Waals surface area contributed by atoms with Gasteiger partial charge in [0, 0.05) is 16.1 Å². The molecule has 0 radical (unpaired) electrons. The average molecular weight is 445 g/mol. The molecule has 9 heteroatoms. The van der Waals surface area contributed by atoms with Crippen LogP contribution in [0.25, 0.3) is 6.08 Å². The van der Waals surface area contributed by atoms with Crippen LogP contribution in [0.15, 0.2) is 27.2 Å². The zero-order valence-corrected chi connectivity index (χ0v) is 15.8. The van der Waals surface area contributed by atoms with Gasteiger partial charge in [-0.2, -0.15) is 4.80 Å². The number of amides is 1. The van der Waals surface area contributed by atoms with Crippen LogP contribution in [-0.4, -0.2) is 33.2 Å². The van der Waals surface area contributed by atoms with Gasteiger partial charge in [-0.05, 0) is 45.8 Å². The van der Waals surface area contributed by atoms with Crippen molar-refractivity contribution in [3.8, 4) is 5.75 Å². The Balaban J connectivity index is 2.08. The molecule has 2 aromatic rings. The molecular formula is C14H15Br2N5O2. The van der Waals surface area contributed by atoms with Gasteiger partial charge < -0.3 is 4.74 Å². The summed E-state index contributed by atoms with van der Waals surface area (Å²) in [7, 11) is 1.57. The predicted octanol–water partition coefficient (Wildman–Crippen LogP) is 3.27. The molecule has 0 spiro atoms. The van der Waals surface area contributed by atoms with Gasteiger partial charge >= 0.3 is 0 Å². The lowest BCUT2D eigenvalue weighted by Crippen LogP contribution is -2.10. The minimum atomic E-state index is -0.348. The van der Waals surface area contributed by atoms with Crippen LogP contribution in [0.1, 0.15) is 18.9 Å². The third-order valence-corrected chi connectivity index (χ3v) is 3.81. The van der Waals surface area contributed by atoms with Gasteiger partial charge in [0.25, 0.3) is 11.9 Å². The summed E-state index contributed by atoms with van der Waals surface area (Å²) in [5.41, 5.74) is 0.756. The fourth-order valence-electron chi connectivity index (χ4n) is 1.82. The Labute approximate surface area is 150 Å². The van der Waals surface area contributed by atoms with E-state index in [4.69, 9.17) is 4.74 Å². The Morgan fingerprint density at radius 1 is 1.43 bits per heavy atom. The number of carbonyl (C=O) groups excluding carboxylic acids is 1. The molecular weight excluding hydrogens is 430 g/mol. The molecule has 0 saturated carbocycles. The van der Waals surface area contributed by atoms with Gasteiger partial charge in [-0.25, -0.2) is 0 Å². The van der Waals surface area contributed by atoms with Crippen molar-refractivity contribution in [2.24, 2.45) is 0 Å². The highest BCUT2D eigenvalue weighted by Crippen LogP contribution is 2.33. The summed E-state index contributed by atoms with van der Waals surface area (Å²) in [5.74, 6) is 0.471. The second-order valence-corrected chi connectivity index (χ2v) is 6.31. The van der Waals surface area contributed by atoms with Gasteiger partial charge in [-0.1, -0.05) is 28.0 Å². The molecule has 1 amide bonds. The summed E-state index contributed by atoms with van der Waals surface area (Å²) in [4.78, 5) is 13.4. The smallest absolute Gasteiger partial charge is 0.270 e. The van der Waals surface area contributed by atoms with E-state index in [1.165, 1.54) is 10.9 Å². The van der Waals surface area contributed by atoms with Crippen molar-refractivity contribution < 1.29 is 9.53 Å². The zero-order valence-electron chi connectivity index (χ0n) is 12.6. The molecule has 1 heterocycles. The number of halogens is 2. The van der Waals surface area contributed by atoms with Crippen LogP contribution >= 0.6 is 31.9 Å². The van der Waals surface area contributed by atoms with Crippen molar-refractivity contribution in [1.29, 1.82) is 0 Å². The Hall–Kier alpha value is -1.74. The molecule has 0 atom stereocenters. The van der Waals surface area contributed by atoms with Gasteiger partial charge in [0.15, 0.2) is 0 Å². The number of rotatable bonds is 6. The second-order valence-electron chi connectivity index (χ2n) is 4.54. The Bertz CT molecular complexity index is 730. The predicted molar refractivity (Wildman–Crippen MR) is 94.2 cm³/mol. The lowest BCUT2D eigenvalue weighted by atomic mass is 10.2. The van der Waals surface area contributed by atoms with Gasteiger partial charge in [-0.3, -0.25) is 10.1 Å². The number of tetrazole rings is 1. The number of aromatic nitrogens is 4. The lowest BCUT2D eigenvalue weighted by Gasteiger charge is -2.08. The fraction of sp³-hybridized carbons (Fsp3) is 0.286. The van der Waals surface area contributed by atoms with Gasteiger partial charge in [0.1, 0.15) is 5.75 Å². The van der Waals surface area contributed by atoms with Crippen LogP contribution in [0, 0.1) is 0 Å². The summed E-state index contributed by atoms with van der Waals surface area (Å²) < 4.78 is 6.98. The first kappa shape index (κ1) is 17.6. The quantitative estimate of drug-likeness (QED) is 0.691. The number of anilines is 1. The zero-order chi connectivity index (χ0) is 16.8. The molecule has 122 valence electrons. The normalized spacial score (nSPS) is 11.0. The summed E-state index contributed by atoms with van der Waals surface area (Å²) in [6.45, 7) is 2.66. The van der Waals surface area contributed by atoms with Crippen molar-refractivity contribution in [3.63, 3.8) is 0 Å². The number of nitrogens with zero attached hydrogens (tertiary/aromatic N) is 4. The van der Waals surface area contributed by atoms with Crippen LogP contribution in [0.5, 0.6) is 5.75 Å². The second kappa shape index (κ2) is 8.21. The maximum Gasteiger partial charge on any atom is 0.270 e. The van der Waals surface area contributed by atoms with Crippen LogP contribution < -0.4 is 10.1 Å². The molecule has 23 heavy (non-hydrogen) atoms. The van der Waals surface area contributed by atoms with E-state index in [-0.39, 0.29) is 11.9 Å². The monoisotopic (exact) mass is 443 g/mol. The number of hydrogen-bond donors (Lipinski definition) is 1. The average Bonchev–Trinajstić information content (AvgIpc) is 2.92. The first-order valence-corrected chi connectivity index (χ1v) is 8.42. The molecule has 1 aromatic heterocycles. The number of carbonyl (C=O) groups is 1. The minimum Gasteiger partial charge on any atom is -0.495 e. The third kappa shape index (κ3) is 4.87. The van der Waals surface area contributed by atoms with Crippen molar-refractivity contribution in [3.05, 3.63) is 32.7 Å². The Morgan fingerprint density at radius 2 is 2.22 bits per heavy atom. The van der Waals surface area contributed by atoms with Crippen LogP contribution in [0.2, 0.25) is 0 Å². The summed E-state index contributed by atoms with van der Waals surface area (Å²) in [6, 6.07) is 3.72. The van der Waals surface area contributed by atoms with Crippen LogP contribution in [-0.2, 0) is 11.3 Å². The van der Waals surface area contributed by atoms with Crippen LogP contribution in [0.4, 0.5) is 5.95 Å². The topological polar surface area (TPSA) is 81.9 Å². The minimum absolute atomic E-state index is 0.176. The van der Waals surface area contributed by atoms with E-state index in [0.29, 0.717) is 12.3 Å².